The molecule has 3 heteroatoms. The summed E-state index contributed by atoms with van der Waals surface area (Å²) in [4.78, 5) is 15.4. The molecule has 0 spiro atoms. The Morgan fingerprint density at radius 1 is 0.938 bits per heavy atom. The highest BCUT2D eigenvalue weighted by atomic mass is 16.1. The highest BCUT2D eigenvalue weighted by molar-refractivity contribution is 5.93. The summed E-state index contributed by atoms with van der Waals surface area (Å²) in [7, 11) is 0. The molecule has 0 atom stereocenters. The number of aromatic amines is 1. The standard InChI is InChI=1S/C13H10N2O/c14-8-5-6-12-10(7-8)13(16)9-3-1-2-4-11(9)15-12/h1-7H,14H2,(H,15,16). The topological polar surface area (TPSA) is 58.9 Å². The average Bonchev–Trinajstić information content (AvgIpc) is 2.31. The Balaban J connectivity index is 2.61. The van der Waals surface area contributed by atoms with Crippen molar-refractivity contribution in [2.45, 2.75) is 0 Å². The first-order chi connectivity index (χ1) is 7.75. The Hall–Kier alpha value is -2.29. The number of nitrogen functional groups attached to an aromatic ring is 1. The fraction of sp³-hybridized carbons (Fsp3) is 0. The van der Waals surface area contributed by atoms with Crippen molar-refractivity contribution >= 4 is 27.5 Å². The maximum absolute atomic E-state index is 12.2. The van der Waals surface area contributed by atoms with Gasteiger partial charge in [-0.25, -0.2) is 0 Å². The molecule has 3 nitrogen and oxygen atoms in total. The van der Waals surface area contributed by atoms with Crippen molar-refractivity contribution in [3.05, 3.63) is 52.7 Å². The smallest absolute Gasteiger partial charge is 0.197 e. The van der Waals surface area contributed by atoms with E-state index in [0.29, 0.717) is 16.5 Å². The lowest BCUT2D eigenvalue weighted by Gasteiger charge is -2.02. The van der Waals surface area contributed by atoms with Crippen LogP contribution in [0.5, 0.6) is 0 Å². The van der Waals surface area contributed by atoms with Crippen LogP contribution >= 0.6 is 0 Å². The molecule has 78 valence electrons. The molecule has 0 aliphatic rings. The van der Waals surface area contributed by atoms with Crippen molar-refractivity contribution < 1.29 is 0 Å². The third kappa shape index (κ3) is 1.18. The van der Waals surface area contributed by atoms with Gasteiger partial charge in [0.1, 0.15) is 0 Å². The second-order valence-electron chi connectivity index (χ2n) is 3.80. The number of nitrogens with two attached hydrogens (primary N) is 1. The number of hydrogen-bond donors (Lipinski definition) is 2. The maximum Gasteiger partial charge on any atom is 0.197 e. The molecule has 3 aromatic rings. The fourth-order valence-corrected chi connectivity index (χ4v) is 1.94. The second kappa shape index (κ2) is 3.10. The summed E-state index contributed by atoms with van der Waals surface area (Å²) in [6.07, 6.45) is 0. The number of rotatable bonds is 0. The first-order valence-corrected chi connectivity index (χ1v) is 5.06. The van der Waals surface area contributed by atoms with Gasteiger partial charge in [0.05, 0.1) is 0 Å². The van der Waals surface area contributed by atoms with Gasteiger partial charge in [0.25, 0.3) is 0 Å². The largest absolute Gasteiger partial charge is 0.399 e. The minimum atomic E-state index is 0.0247. The van der Waals surface area contributed by atoms with Crippen molar-refractivity contribution in [1.82, 2.24) is 4.98 Å². The van der Waals surface area contributed by atoms with Crippen LogP contribution in [0.15, 0.2) is 47.3 Å². The number of hydrogen-bond acceptors (Lipinski definition) is 2. The zero-order valence-electron chi connectivity index (χ0n) is 8.53. The summed E-state index contributed by atoms with van der Waals surface area (Å²) in [5, 5.41) is 1.33. The van der Waals surface area contributed by atoms with E-state index in [1.807, 2.05) is 30.3 Å². The molecular weight excluding hydrogens is 200 g/mol. The Kier molecular flexibility index (Phi) is 1.74. The quantitative estimate of drug-likeness (QED) is 0.441. The van der Waals surface area contributed by atoms with Crippen LogP contribution in [-0.2, 0) is 0 Å². The van der Waals surface area contributed by atoms with Gasteiger partial charge in [0, 0.05) is 27.5 Å². The molecular formula is C13H10N2O. The summed E-state index contributed by atoms with van der Waals surface area (Å²) in [6.45, 7) is 0. The van der Waals surface area contributed by atoms with Crippen LogP contribution in [0.2, 0.25) is 0 Å². The number of benzene rings is 2. The van der Waals surface area contributed by atoms with E-state index in [4.69, 9.17) is 5.73 Å². The van der Waals surface area contributed by atoms with Gasteiger partial charge in [-0.3, -0.25) is 4.79 Å². The summed E-state index contributed by atoms with van der Waals surface area (Å²) in [5.74, 6) is 0. The molecule has 0 aliphatic carbocycles. The van der Waals surface area contributed by atoms with E-state index in [-0.39, 0.29) is 5.43 Å². The molecule has 0 fully saturated rings. The fourth-order valence-electron chi connectivity index (χ4n) is 1.94. The van der Waals surface area contributed by atoms with Crippen LogP contribution in [0, 0.1) is 0 Å². The van der Waals surface area contributed by atoms with Gasteiger partial charge in [-0.1, -0.05) is 12.1 Å². The van der Waals surface area contributed by atoms with Crippen LogP contribution in [0.4, 0.5) is 5.69 Å². The van der Waals surface area contributed by atoms with E-state index < -0.39 is 0 Å². The monoisotopic (exact) mass is 210 g/mol. The zero-order chi connectivity index (χ0) is 11.1. The molecule has 0 saturated carbocycles. The van der Waals surface area contributed by atoms with Gasteiger partial charge in [0.15, 0.2) is 5.43 Å². The van der Waals surface area contributed by atoms with Crippen LogP contribution in [-0.4, -0.2) is 4.98 Å². The third-order valence-electron chi connectivity index (χ3n) is 2.73. The van der Waals surface area contributed by atoms with E-state index in [2.05, 4.69) is 4.98 Å². The summed E-state index contributed by atoms with van der Waals surface area (Å²) >= 11 is 0. The molecule has 0 saturated heterocycles. The minimum Gasteiger partial charge on any atom is -0.399 e. The van der Waals surface area contributed by atoms with Crippen molar-refractivity contribution in [1.29, 1.82) is 0 Å². The minimum absolute atomic E-state index is 0.0247. The molecule has 2 aromatic carbocycles. The number of aromatic nitrogens is 1. The Bertz CT molecular complexity index is 744. The van der Waals surface area contributed by atoms with Gasteiger partial charge in [-0.2, -0.15) is 0 Å². The van der Waals surface area contributed by atoms with Crippen molar-refractivity contribution in [2.75, 3.05) is 5.73 Å². The van der Waals surface area contributed by atoms with Crippen molar-refractivity contribution in [3.63, 3.8) is 0 Å². The first kappa shape index (κ1) is 8.97. The van der Waals surface area contributed by atoms with Crippen LogP contribution in [0.3, 0.4) is 0 Å². The predicted molar refractivity (Wildman–Crippen MR) is 66.5 cm³/mol. The molecule has 0 unspecified atom stereocenters. The molecule has 3 N–H and O–H groups in total. The lowest BCUT2D eigenvalue weighted by atomic mass is 10.1. The zero-order valence-corrected chi connectivity index (χ0v) is 8.53. The van der Waals surface area contributed by atoms with E-state index in [1.165, 1.54) is 0 Å². The third-order valence-corrected chi connectivity index (χ3v) is 2.73. The lowest BCUT2D eigenvalue weighted by Crippen LogP contribution is -2.04. The predicted octanol–water partition coefficient (Wildman–Crippen LogP) is 2.26. The summed E-state index contributed by atoms with van der Waals surface area (Å²) < 4.78 is 0. The normalized spacial score (nSPS) is 11.0. The Morgan fingerprint density at radius 3 is 2.56 bits per heavy atom. The number of nitrogens with one attached hydrogen (secondary N) is 1. The van der Waals surface area contributed by atoms with Crippen molar-refractivity contribution in [3.8, 4) is 0 Å². The summed E-state index contributed by atoms with van der Waals surface area (Å²) in [5.41, 5.74) is 7.98. The van der Waals surface area contributed by atoms with E-state index in [9.17, 15) is 4.79 Å². The van der Waals surface area contributed by atoms with Crippen LogP contribution < -0.4 is 11.2 Å². The van der Waals surface area contributed by atoms with E-state index in [1.54, 1.807) is 12.1 Å². The van der Waals surface area contributed by atoms with Gasteiger partial charge in [-0.05, 0) is 30.3 Å². The van der Waals surface area contributed by atoms with Gasteiger partial charge >= 0.3 is 0 Å². The van der Waals surface area contributed by atoms with Crippen molar-refractivity contribution in [2.24, 2.45) is 0 Å². The van der Waals surface area contributed by atoms with Crippen LogP contribution in [0.1, 0.15) is 0 Å². The van der Waals surface area contributed by atoms with Gasteiger partial charge < -0.3 is 10.7 Å². The van der Waals surface area contributed by atoms with Gasteiger partial charge in [0.2, 0.25) is 0 Å². The Morgan fingerprint density at radius 2 is 1.69 bits per heavy atom. The SMILES string of the molecule is Nc1ccc2[nH]c3ccccc3c(=O)c2c1. The number of anilines is 1. The van der Waals surface area contributed by atoms with E-state index >= 15 is 0 Å². The maximum atomic E-state index is 12.2. The Labute approximate surface area is 91.5 Å². The average molecular weight is 210 g/mol. The number of para-hydroxylation sites is 1. The highest BCUT2D eigenvalue weighted by Crippen LogP contribution is 2.16. The molecule has 1 heterocycles. The van der Waals surface area contributed by atoms with E-state index in [0.717, 1.165) is 11.0 Å². The molecule has 0 amide bonds. The molecule has 3 rings (SSSR count). The summed E-state index contributed by atoms with van der Waals surface area (Å²) in [6, 6.07) is 12.8. The molecule has 0 aliphatic heterocycles. The lowest BCUT2D eigenvalue weighted by molar-refractivity contribution is 1.48. The highest BCUT2D eigenvalue weighted by Gasteiger charge is 2.04. The number of H-pyrrole nitrogens is 1. The molecule has 0 bridgehead atoms. The molecule has 1 aromatic heterocycles. The number of fused-ring (bicyclic) bond motifs is 2. The molecule has 0 radical (unpaired) electrons. The second-order valence-corrected chi connectivity index (χ2v) is 3.80. The van der Waals surface area contributed by atoms with Crippen LogP contribution in [0.25, 0.3) is 21.8 Å². The molecule has 16 heavy (non-hydrogen) atoms. The van der Waals surface area contributed by atoms with Gasteiger partial charge in [-0.15, -0.1) is 0 Å². The number of pyridine rings is 1. The first-order valence-electron chi connectivity index (χ1n) is 5.06.